The number of benzene rings is 3. The Morgan fingerprint density at radius 1 is 1.00 bits per heavy atom. The summed E-state index contributed by atoms with van der Waals surface area (Å²) < 4.78 is 35.7. The third-order valence-electron chi connectivity index (χ3n) is 4.71. The molecule has 0 saturated carbocycles. The third-order valence-corrected chi connectivity index (χ3v) is 5.00. The molecule has 1 heterocycles. The second-order valence-corrected chi connectivity index (χ2v) is 7.19. The fourth-order valence-electron chi connectivity index (χ4n) is 3.18. The van der Waals surface area contributed by atoms with Gasteiger partial charge < -0.3 is 36.7 Å². The first-order chi connectivity index (χ1) is 14.6. The second-order valence-electron chi connectivity index (χ2n) is 6.78. The minimum absolute atomic E-state index is 0. The van der Waals surface area contributed by atoms with Crippen molar-refractivity contribution in [2.45, 2.75) is 19.7 Å². The molecule has 8 heteroatoms. The normalized spacial score (nSPS) is 11.7. The zero-order valence-corrected chi connectivity index (χ0v) is 18.3. The van der Waals surface area contributed by atoms with Gasteiger partial charge in [0.1, 0.15) is 12.4 Å². The lowest BCUT2D eigenvalue weighted by molar-refractivity contribution is -0.00000867. The quantitative estimate of drug-likeness (QED) is 0.553. The van der Waals surface area contributed by atoms with Crippen molar-refractivity contribution in [3.8, 4) is 23.0 Å². The molecule has 0 aromatic heterocycles. The largest absolute Gasteiger partial charge is 1.00 e. The average Bonchev–Trinajstić information content (AvgIpc) is 3.21. The van der Waals surface area contributed by atoms with Gasteiger partial charge in [-0.2, -0.15) is 0 Å². The highest BCUT2D eigenvalue weighted by Crippen LogP contribution is 2.37. The van der Waals surface area contributed by atoms with E-state index < -0.39 is 0 Å². The molecule has 0 amide bonds. The molecule has 0 radical (unpaired) electrons. The molecule has 1 N–H and O–H groups in total. The zero-order valence-electron chi connectivity index (χ0n) is 16.8. The Labute approximate surface area is 191 Å². The van der Waals surface area contributed by atoms with E-state index in [1.54, 1.807) is 25.3 Å². The number of ether oxygens (including phenoxy) is 4. The van der Waals surface area contributed by atoms with Crippen LogP contribution in [0.2, 0.25) is 5.02 Å². The van der Waals surface area contributed by atoms with Crippen LogP contribution in [0.3, 0.4) is 0 Å². The molecular formula is C23H21Cl2FNO4-. The maximum absolute atomic E-state index is 13.8. The maximum Gasteiger partial charge on any atom is 0.231 e. The fourth-order valence-corrected chi connectivity index (χ4v) is 3.47. The van der Waals surface area contributed by atoms with Crippen LogP contribution < -0.4 is 36.7 Å². The van der Waals surface area contributed by atoms with E-state index in [0.717, 1.165) is 22.6 Å². The van der Waals surface area contributed by atoms with E-state index in [2.05, 4.69) is 5.32 Å². The van der Waals surface area contributed by atoms with Gasteiger partial charge >= 0.3 is 0 Å². The third kappa shape index (κ3) is 5.53. The average molecular weight is 465 g/mol. The number of hydrogen-bond acceptors (Lipinski definition) is 5. The van der Waals surface area contributed by atoms with Gasteiger partial charge in [0.25, 0.3) is 0 Å². The minimum Gasteiger partial charge on any atom is -1.00 e. The lowest BCUT2D eigenvalue weighted by Gasteiger charge is -2.15. The Kier molecular flexibility index (Phi) is 7.85. The predicted octanol–water partition coefficient (Wildman–Crippen LogP) is 2.09. The van der Waals surface area contributed by atoms with Crippen LogP contribution in [0.4, 0.5) is 4.39 Å². The number of rotatable bonds is 8. The van der Waals surface area contributed by atoms with Gasteiger partial charge in [-0.15, -0.1) is 0 Å². The lowest BCUT2D eigenvalue weighted by atomic mass is 10.1. The molecule has 1 aliphatic rings. The van der Waals surface area contributed by atoms with Crippen molar-refractivity contribution in [1.82, 2.24) is 5.32 Å². The van der Waals surface area contributed by atoms with E-state index in [4.69, 9.17) is 30.5 Å². The van der Waals surface area contributed by atoms with Crippen molar-refractivity contribution in [2.24, 2.45) is 0 Å². The minimum atomic E-state index is -0.322. The molecule has 0 saturated heterocycles. The van der Waals surface area contributed by atoms with Crippen LogP contribution in [0.15, 0.2) is 54.6 Å². The molecule has 31 heavy (non-hydrogen) atoms. The van der Waals surface area contributed by atoms with E-state index >= 15 is 0 Å². The van der Waals surface area contributed by atoms with E-state index in [-0.39, 0.29) is 31.6 Å². The smallest absolute Gasteiger partial charge is 0.231 e. The van der Waals surface area contributed by atoms with E-state index in [9.17, 15) is 4.39 Å². The molecule has 0 unspecified atom stereocenters. The first kappa shape index (κ1) is 23.0. The highest BCUT2D eigenvalue weighted by molar-refractivity contribution is 6.32. The Morgan fingerprint density at radius 2 is 1.77 bits per heavy atom. The van der Waals surface area contributed by atoms with Crippen LogP contribution in [-0.4, -0.2) is 13.9 Å². The van der Waals surface area contributed by atoms with Crippen molar-refractivity contribution in [3.63, 3.8) is 0 Å². The van der Waals surface area contributed by atoms with Crippen molar-refractivity contribution in [2.75, 3.05) is 13.9 Å². The summed E-state index contributed by atoms with van der Waals surface area (Å²) in [5.41, 5.74) is 2.48. The molecule has 164 valence electrons. The fraction of sp³-hybridized carbons (Fsp3) is 0.217. The highest BCUT2D eigenvalue weighted by Gasteiger charge is 2.15. The molecule has 1 aliphatic heterocycles. The maximum atomic E-state index is 13.8. The lowest BCUT2D eigenvalue weighted by Crippen LogP contribution is -3.00. The van der Waals surface area contributed by atoms with E-state index in [1.807, 2.05) is 30.3 Å². The first-order valence-electron chi connectivity index (χ1n) is 9.46. The summed E-state index contributed by atoms with van der Waals surface area (Å²) in [6.07, 6.45) is 0. The molecule has 0 atom stereocenters. The van der Waals surface area contributed by atoms with Crippen molar-refractivity contribution in [1.29, 1.82) is 0 Å². The summed E-state index contributed by atoms with van der Waals surface area (Å²) in [4.78, 5) is 0. The summed E-state index contributed by atoms with van der Waals surface area (Å²) >= 11 is 6.42. The molecule has 0 bridgehead atoms. The van der Waals surface area contributed by atoms with Gasteiger partial charge in [0.15, 0.2) is 23.0 Å². The topological polar surface area (TPSA) is 49.0 Å². The van der Waals surface area contributed by atoms with Crippen LogP contribution in [-0.2, 0) is 19.7 Å². The number of methoxy groups -OCH3 is 1. The monoisotopic (exact) mass is 464 g/mol. The summed E-state index contributed by atoms with van der Waals surface area (Å²) in [7, 11) is 1.55. The van der Waals surface area contributed by atoms with Gasteiger partial charge in [-0.3, -0.25) is 0 Å². The van der Waals surface area contributed by atoms with Crippen molar-refractivity contribution < 1.29 is 35.7 Å². The van der Waals surface area contributed by atoms with Crippen molar-refractivity contribution >= 4 is 11.6 Å². The van der Waals surface area contributed by atoms with Gasteiger partial charge in [0, 0.05) is 18.7 Å². The summed E-state index contributed by atoms with van der Waals surface area (Å²) in [6, 6.07) is 16.0. The second kappa shape index (κ2) is 10.6. The van der Waals surface area contributed by atoms with Gasteiger partial charge in [0.2, 0.25) is 6.79 Å². The molecule has 3 aromatic rings. The number of nitrogens with one attached hydrogen (secondary N) is 1. The Morgan fingerprint density at radius 3 is 2.58 bits per heavy atom. The number of hydrogen-bond donors (Lipinski definition) is 1. The molecular weight excluding hydrogens is 444 g/mol. The Balaban J connectivity index is 0.00000272. The number of fused-ring (bicyclic) bond motifs is 1. The molecule has 4 rings (SSSR count). The Hall–Kier alpha value is -2.67. The van der Waals surface area contributed by atoms with Crippen LogP contribution in [0.1, 0.15) is 16.7 Å². The van der Waals surface area contributed by atoms with Gasteiger partial charge in [-0.25, -0.2) is 4.39 Å². The SMILES string of the molecule is COc1cc(CNCc2ccc3c(c2)OCO3)cc(Cl)c1OCc1ccccc1F.[Cl-]. The van der Waals surface area contributed by atoms with Gasteiger partial charge in [-0.1, -0.05) is 35.9 Å². The molecule has 0 spiro atoms. The first-order valence-corrected chi connectivity index (χ1v) is 9.83. The molecule has 0 fully saturated rings. The van der Waals surface area contributed by atoms with E-state index in [0.29, 0.717) is 35.2 Å². The standard InChI is InChI=1S/C23H21ClFNO4.ClH/c1-27-22-10-16(12-26-11-15-6-7-20-21(9-15)30-14-29-20)8-18(24)23(22)28-13-17-4-2-3-5-19(17)25;/h2-10,26H,11-14H2,1H3;1H/p-1. The number of halogens is 3. The van der Waals surface area contributed by atoms with Gasteiger partial charge in [0.05, 0.1) is 12.1 Å². The van der Waals surface area contributed by atoms with Crippen molar-refractivity contribution in [3.05, 3.63) is 82.1 Å². The molecule has 3 aromatic carbocycles. The molecule has 0 aliphatic carbocycles. The van der Waals surface area contributed by atoms with Crippen LogP contribution in [0, 0.1) is 5.82 Å². The van der Waals surface area contributed by atoms with Gasteiger partial charge in [-0.05, 0) is 41.5 Å². The highest BCUT2D eigenvalue weighted by atomic mass is 35.5. The zero-order chi connectivity index (χ0) is 20.9. The predicted molar refractivity (Wildman–Crippen MR) is 112 cm³/mol. The van der Waals surface area contributed by atoms with E-state index in [1.165, 1.54) is 6.07 Å². The molecule has 5 nitrogen and oxygen atoms in total. The summed E-state index contributed by atoms with van der Waals surface area (Å²) in [5.74, 6) is 2.09. The van der Waals surface area contributed by atoms with Crippen LogP contribution in [0.5, 0.6) is 23.0 Å². The van der Waals surface area contributed by atoms with Crippen LogP contribution in [0.25, 0.3) is 0 Å². The van der Waals surface area contributed by atoms with Crippen LogP contribution >= 0.6 is 11.6 Å². The summed E-state index contributed by atoms with van der Waals surface area (Å²) in [5, 5.41) is 3.78. The Bertz CT molecular complexity index is 1050. The summed E-state index contributed by atoms with van der Waals surface area (Å²) in [6.45, 7) is 1.56.